The van der Waals surface area contributed by atoms with Crippen molar-refractivity contribution in [3.63, 3.8) is 0 Å². The van der Waals surface area contributed by atoms with Crippen molar-refractivity contribution >= 4 is 35.0 Å². The lowest BCUT2D eigenvalue weighted by atomic mass is 10.0. The molecule has 1 fully saturated rings. The van der Waals surface area contributed by atoms with Gasteiger partial charge < -0.3 is 10.2 Å². The van der Waals surface area contributed by atoms with E-state index in [2.05, 4.69) is 5.32 Å². The van der Waals surface area contributed by atoms with E-state index in [1.807, 2.05) is 60.7 Å². The number of carbonyl (C=O) groups excluding carboxylic acids is 2. The molecule has 0 unspecified atom stereocenters. The summed E-state index contributed by atoms with van der Waals surface area (Å²) in [4.78, 5) is 29.2. The van der Waals surface area contributed by atoms with Crippen molar-refractivity contribution < 1.29 is 9.59 Å². The third-order valence-electron chi connectivity index (χ3n) is 6.56. The Kier molecular flexibility index (Phi) is 8.84. The van der Waals surface area contributed by atoms with Crippen LogP contribution in [0.25, 0.3) is 0 Å². The van der Waals surface area contributed by atoms with Gasteiger partial charge in [0.05, 0.1) is 6.42 Å². The van der Waals surface area contributed by atoms with Gasteiger partial charge in [0.15, 0.2) is 0 Å². The van der Waals surface area contributed by atoms with Crippen molar-refractivity contribution in [2.45, 2.75) is 57.2 Å². The van der Waals surface area contributed by atoms with Crippen LogP contribution in [0.1, 0.15) is 42.4 Å². The smallest absolute Gasteiger partial charge is 0.243 e. The summed E-state index contributed by atoms with van der Waals surface area (Å²) >= 11 is 12.8. The van der Waals surface area contributed by atoms with Crippen molar-refractivity contribution in [3.8, 4) is 0 Å². The summed E-state index contributed by atoms with van der Waals surface area (Å²) in [5, 5.41) is 4.11. The zero-order valence-corrected chi connectivity index (χ0v) is 21.1. The lowest BCUT2D eigenvalue weighted by molar-refractivity contribution is -0.141. The molecule has 0 bridgehead atoms. The van der Waals surface area contributed by atoms with Crippen LogP contribution >= 0.6 is 23.2 Å². The van der Waals surface area contributed by atoms with E-state index in [0.717, 1.165) is 36.8 Å². The monoisotopic (exact) mass is 508 g/mol. The molecule has 0 radical (unpaired) electrons. The molecule has 0 aliphatic heterocycles. The number of carbonyl (C=O) groups is 2. The molecule has 4 nitrogen and oxygen atoms in total. The molecular formula is C29H30Cl2N2O2. The molecule has 0 saturated heterocycles. The number of amides is 2. The molecule has 3 aromatic carbocycles. The molecule has 1 aliphatic rings. The highest BCUT2D eigenvalue weighted by atomic mass is 35.5. The SMILES string of the molecule is O=C(NC1CCCC1)[C@H](Cc1ccccc1)N(Cc1ccccc1)C(=O)Cc1c(Cl)cccc1Cl. The maximum Gasteiger partial charge on any atom is 0.243 e. The zero-order valence-electron chi connectivity index (χ0n) is 19.6. The fourth-order valence-corrected chi connectivity index (χ4v) is 5.19. The minimum atomic E-state index is -0.660. The molecule has 2 amide bonds. The fraction of sp³-hybridized carbons (Fsp3) is 0.310. The van der Waals surface area contributed by atoms with Crippen molar-refractivity contribution in [2.24, 2.45) is 0 Å². The van der Waals surface area contributed by atoms with Gasteiger partial charge in [-0.15, -0.1) is 0 Å². The highest BCUT2D eigenvalue weighted by Crippen LogP contribution is 2.26. The molecule has 3 aromatic rings. The van der Waals surface area contributed by atoms with E-state index >= 15 is 0 Å². The third kappa shape index (κ3) is 6.87. The maximum atomic E-state index is 13.8. The van der Waals surface area contributed by atoms with Crippen LogP contribution in [0.3, 0.4) is 0 Å². The Morgan fingerprint density at radius 3 is 2.00 bits per heavy atom. The van der Waals surface area contributed by atoms with Crippen LogP contribution in [-0.2, 0) is 29.0 Å². The number of hydrogen-bond acceptors (Lipinski definition) is 2. The summed E-state index contributed by atoms with van der Waals surface area (Å²) in [7, 11) is 0. The van der Waals surface area contributed by atoms with E-state index in [4.69, 9.17) is 23.2 Å². The van der Waals surface area contributed by atoms with Crippen molar-refractivity contribution in [3.05, 3.63) is 106 Å². The molecule has 35 heavy (non-hydrogen) atoms. The molecule has 1 atom stereocenters. The Bertz CT molecular complexity index is 1110. The van der Waals surface area contributed by atoms with E-state index in [9.17, 15) is 9.59 Å². The number of rotatable bonds is 9. The largest absolute Gasteiger partial charge is 0.352 e. The summed E-state index contributed by atoms with van der Waals surface area (Å²) in [5.41, 5.74) is 2.53. The number of nitrogens with one attached hydrogen (secondary N) is 1. The standard InChI is InChI=1S/C29H30Cl2N2O2/c30-25-16-9-17-26(31)24(25)19-28(34)33(20-22-12-5-2-6-13-22)27(18-21-10-3-1-4-11-21)29(35)32-23-14-7-8-15-23/h1-6,9-13,16-17,23,27H,7-8,14-15,18-20H2,(H,32,35)/t27-/m0/s1. The van der Waals surface area contributed by atoms with Gasteiger partial charge in [-0.25, -0.2) is 0 Å². The highest BCUT2D eigenvalue weighted by Gasteiger charge is 2.32. The van der Waals surface area contributed by atoms with Gasteiger partial charge in [-0.05, 0) is 41.7 Å². The van der Waals surface area contributed by atoms with E-state index in [1.165, 1.54) is 0 Å². The Balaban J connectivity index is 1.67. The normalized spacial score (nSPS) is 14.5. The lowest BCUT2D eigenvalue weighted by Gasteiger charge is -2.32. The van der Waals surface area contributed by atoms with Crippen molar-refractivity contribution in [2.75, 3.05) is 0 Å². The zero-order chi connectivity index (χ0) is 24.6. The number of nitrogens with zero attached hydrogens (tertiary/aromatic N) is 1. The summed E-state index contributed by atoms with van der Waals surface area (Å²) in [6, 6.07) is 24.3. The average molecular weight is 509 g/mol. The quantitative estimate of drug-likeness (QED) is 0.372. The Hall–Kier alpha value is -2.82. The first kappa shape index (κ1) is 25.3. The van der Waals surface area contributed by atoms with Crippen LogP contribution in [0.15, 0.2) is 78.9 Å². The van der Waals surface area contributed by atoms with Gasteiger partial charge in [-0.3, -0.25) is 9.59 Å². The molecule has 0 aromatic heterocycles. The first-order valence-corrected chi connectivity index (χ1v) is 12.9. The van der Waals surface area contributed by atoms with Crippen LogP contribution in [0.5, 0.6) is 0 Å². The van der Waals surface area contributed by atoms with Gasteiger partial charge >= 0.3 is 0 Å². The first-order chi connectivity index (χ1) is 17.0. The maximum absolute atomic E-state index is 13.8. The molecule has 1 aliphatic carbocycles. The van der Waals surface area contributed by atoms with Crippen LogP contribution in [-0.4, -0.2) is 28.8 Å². The summed E-state index contributed by atoms with van der Waals surface area (Å²) < 4.78 is 0. The molecule has 0 heterocycles. The molecular weight excluding hydrogens is 479 g/mol. The van der Waals surface area contributed by atoms with Crippen LogP contribution in [0, 0.1) is 0 Å². The minimum absolute atomic E-state index is 0.0212. The van der Waals surface area contributed by atoms with Crippen LogP contribution in [0.2, 0.25) is 10.0 Å². The molecule has 1 saturated carbocycles. The van der Waals surface area contributed by atoms with Gasteiger partial charge in [0.2, 0.25) is 11.8 Å². The van der Waals surface area contributed by atoms with E-state index in [1.54, 1.807) is 23.1 Å². The Labute approximate surface area is 217 Å². The summed E-state index contributed by atoms with van der Waals surface area (Å²) in [6.45, 7) is 0.317. The van der Waals surface area contributed by atoms with Gasteiger partial charge in [0.1, 0.15) is 6.04 Å². The molecule has 0 spiro atoms. The number of hydrogen-bond donors (Lipinski definition) is 1. The fourth-order valence-electron chi connectivity index (χ4n) is 4.66. The van der Waals surface area contributed by atoms with Crippen LogP contribution < -0.4 is 5.32 Å². The van der Waals surface area contributed by atoms with Gasteiger partial charge in [0.25, 0.3) is 0 Å². The molecule has 4 rings (SSSR count). The second-order valence-electron chi connectivity index (χ2n) is 9.08. The second kappa shape index (κ2) is 12.2. The third-order valence-corrected chi connectivity index (χ3v) is 7.27. The summed E-state index contributed by atoms with van der Waals surface area (Å²) in [6.07, 6.45) is 4.64. The first-order valence-electron chi connectivity index (χ1n) is 12.1. The highest BCUT2D eigenvalue weighted by molar-refractivity contribution is 6.36. The van der Waals surface area contributed by atoms with Gasteiger partial charge in [0, 0.05) is 29.1 Å². The average Bonchev–Trinajstić information content (AvgIpc) is 3.38. The predicted octanol–water partition coefficient (Wildman–Crippen LogP) is 6.23. The minimum Gasteiger partial charge on any atom is -0.352 e. The van der Waals surface area contributed by atoms with Gasteiger partial charge in [-0.1, -0.05) is 103 Å². The molecule has 1 N–H and O–H groups in total. The van der Waals surface area contributed by atoms with Crippen LogP contribution in [0.4, 0.5) is 0 Å². The summed E-state index contributed by atoms with van der Waals surface area (Å²) in [5.74, 6) is -0.304. The topological polar surface area (TPSA) is 49.4 Å². The van der Waals surface area contributed by atoms with Crippen molar-refractivity contribution in [1.29, 1.82) is 0 Å². The van der Waals surface area contributed by atoms with Crippen molar-refractivity contribution in [1.82, 2.24) is 10.2 Å². The molecule has 6 heteroatoms. The van der Waals surface area contributed by atoms with E-state index in [0.29, 0.717) is 28.6 Å². The Morgan fingerprint density at radius 1 is 0.829 bits per heavy atom. The predicted molar refractivity (Wildman–Crippen MR) is 141 cm³/mol. The molecule has 182 valence electrons. The lowest BCUT2D eigenvalue weighted by Crippen LogP contribution is -2.52. The second-order valence-corrected chi connectivity index (χ2v) is 9.89. The Morgan fingerprint density at radius 2 is 1.40 bits per heavy atom. The number of halogens is 2. The van der Waals surface area contributed by atoms with E-state index in [-0.39, 0.29) is 24.3 Å². The van der Waals surface area contributed by atoms with E-state index < -0.39 is 6.04 Å². The number of benzene rings is 3. The van der Waals surface area contributed by atoms with Gasteiger partial charge in [-0.2, -0.15) is 0 Å².